The number of rotatable bonds is 9. The zero-order chi connectivity index (χ0) is 24.9. The van der Waals surface area contributed by atoms with E-state index in [1.165, 1.54) is 0 Å². The third-order valence-electron chi connectivity index (χ3n) is 7.08. The van der Waals surface area contributed by atoms with Crippen molar-refractivity contribution in [2.75, 3.05) is 4.90 Å². The Morgan fingerprint density at radius 2 is 1.50 bits per heavy atom. The van der Waals surface area contributed by atoms with Crippen molar-refractivity contribution in [3.05, 3.63) is 71.8 Å². The van der Waals surface area contributed by atoms with Gasteiger partial charge in [-0.05, 0) is 46.8 Å². The quantitative estimate of drug-likeness (QED) is 0.338. The van der Waals surface area contributed by atoms with Gasteiger partial charge in [-0.1, -0.05) is 97.4 Å². The molecule has 1 heterocycles. The van der Waals surface area contributed by atoms with Crippen molar-refractivity contribution in [1.29, 1.82) is 0 Å². The van der Waals surface area contributed by atoms with E-state index in [1.54, 1.807) is 0 Å². The molecule has 0 spiro atoms. The van der Waals surface area contributed by atoms with E-state index in [-0.39, 0.29) is 18.7 Å². The summed E-state index contributed by atoms with van der Waals surface area (Å²) in [6, 6.07) is 17.8. The van der Waals surface area contributed by atoms with Crippen molar-refractivity contribution in [3.63, 3.8) is 0 Å². The predicted molar refractivity (Wildman–Crippen MR) is 144 cm³/mol. The minimum absolute atomic E-state index is 0.101. The first-order valence-electron chi connectivity index (χ1n) is 12.7. The standard InChI is InChI=1S/C29H41NO3Si/c1-8-14-25-19-28(33-34(21(2)3,22(4)5)23(6)7)26-17-12-13-18-27(26)30(25)29(31)32-20-24-15-10-9-11-16-24/h9-13,15-19,21-23,25H,8,14,20H2,1-7H3. The van der Waals surface area contributed by atoms with Gasteiger partial charge < -0.3 is 9.16 Å². The predicted octanol–water partition coefficient (Wildman–Crippen LogP) is 8.55. The first-order valence-corrected chi connectivity index (χ1v) is 14.9. The second-order valence-corrected chi connectivity index (χ2v) is 15.6. The van der Waals surface area contributed by atoms with Gasteiger partial charge in [0.05, 0.1) is 11.7 Å². The molecule has 5 heteroatoms. The SMILES string of the molecule is CCCC1C=C(O[Si](C(C)C)(C(C)C)C(C)C)c2ccccc2N1C(=O)OCc1ccccc1. The smallest absolute Gasteiger partial charge is 0.415 e. The third-order valence-corrected chi connectivity index (χ3v) is 13.1. The second-order valence-electron chi connectivity index (χ2n) is 10.2. The molecule has 0 N–H and O–H groups in total. The van der Waals surface area contributed by atoms with Gasteiger partial charge in [0.15, 0.2) is 0 Å². The van der Waals surface area contributed by atoms with Crippen molar-refractivity contribution < 1.29 is 14.0 Å². The van der Waals surface area contributed by atoms with Crippen molar-refractivity contribution in [2.24, 2.45) is 0 Å². The summed E-state index contributed by atoms with van der Waals surface area (Å²) in [4.78, 5) is 15.2. The molecule has 2 aromatic rings. The molecule has 0 saturated heterocycles. The number of amides is 1. The van der Waals surface area contributed by atoms with Crippen LogP contribution in [0.4, 0.5) is 10.5 Å². The van der Waals surface area contributed by atoms with Crippen molar-refractivity contribution in [1.82, 2.24) is 0 Å². The third kappa shape index (κ3) is 5.25. The molecule has 0 bridgehead atoms. The van der Waals surface area contributed by atoms with E-state index in [0.29, 0.717) is 16.6 Å². The number of hydrogen-bond acceptors (Lipinski definition) is 3. The lowest BCUT2D eigenvalue weighted by Crippen LogP contribution is -2.48. The number of benzene rings is 2. The fourth-order valence-electron chi connectivity index (χ4n) is 5.57. The molecule has 1 aliphatic rings. The van der Waals surface area contributed by atoms with Gasteiger partial charge in [0.2, 0.25) is 0 Å². The zero-order valence-electron chi connectivity index (χ0n) is 21.9. The largest absolute Gasteiger partial charge is 0.542 e. The van der Waals surface area contributed by atoms with E-state index in [1.807, 2.05) is 53.4 Å². The van der Waals surface area contributed by atoms with Gasteiger partial charge >= 0.3 is 6.09 Å². The summed E-state index contributed by atoms with van der Waals surface area (Å²) >= 11 is 0. The molecule has 0 aromatic heterocycles. The van der Waals surface area contributed by atoms with Gasteiger partial charge in [-0.2, -0.15) is 0 Å². The lowest BCUT2D eigenvalue weighted by molar-refractivity contribution is 0.145. The second kappa shape index (κ2) is 11.3. The first kappa shape index (κ1) is 26.1. The minimum atomic E-state index is -2.15. The van der Waals surface area contributed by atoms with Crippen molar-refractivity contribution in [3.8, 4) is 0 Å². The molecule has 1 amide bonds. The molecule has 34 heavy (non-hydrogen) atoms. The maximum atomic E-state index is 13.4. The average Bonchev–Trinajstić information content (AvgIpc) is 2.81. The van der Waals surface area contributed by atoms with E-state index in [4.69, 9.17) is 9.16 Å². The molecule has 2 aromatic carbocycles. The van der Waals surface area contributed by atoms with Gasteiger partial charge in [-0.25, -0.2) is 4.79 Å². The summed E-state index contributed by atoms with van der Waals surface area (Å²) in [6.45, 7) is 16.2. The number of ether oxygens (including phenoxy) is 1. The highest BCUT2D eigenvalue weighted by Crippen LogP contribution is 2.47. The topological polar surface area (TPSA) is 38.8 Å². The molecule has 1 unspecified atom stereocenters. The monoisotopic (exact) mass is 479 g/mol. The van der Waals surface area contributed by atoms with Crippen LogP contribution in [-0.4, -0.2) is 20.5 Å². The zero-order valence-corrected chi connectivity index (χ0v) is 22.9. The average molecular weight is 480 g/mol. The van der Waals surface area contributed by atoms with Crippen LogP contribution >= 0.6 is 0 Å². The molecule has 0 saturated carbocycles. The van der Waals surface area contributed by atoms with Crippen LogP contribution in [0.3, 0.4) is 0 Å². The number of fused-ring (bicyclic) bond motifs is 1. The van der Waals surface area contributed by atoms with Gasteiger partial charge in [-0.3, -0.25) is 4.90 Å². The Labute approximate surface area is 207 Å². The van der Waals surface area contributed by atoms with Crippen molar-refractivity contribution >= 4 is 25.9 Å². The van der Waals surface area contributed by atoms with Crippen LogP contribution in [0.5, 0.6) is 0 Å². The minimum Gasteiger partial charge on any atom is -0.542 e. The van der Waals surface area contributed by atoms with Gasteiger partial charge in [0, 0.05) is 5.56 Å². The van der Waals surface area contributed by atoms with Crippen LogP contribution < -0.4 is 4.90 Å². The molecule has 184 valence electrons. The molecular formula is C29H41NO3Si. The Hall–Kier alpha value is -2.53. The number of para-hydroxylation sites is 1. The van der Waals surface area contributed by atoms with E-state index in [0.717, 1.165) is 35.4 Å². The molecule has 1 aliphatic heterocycles. The summed E-state index contributed by atoms with van der Waals surface area (Å²) in [5.74, 6) is 0.934. The normalized spacial score (nSPS) is 16.0. The van der Waals surface area contributed by atoms with Crippen LogP contribution in [0.1, 0.15) is 72.4 Å². The number of hydrogen-bond donors (Lipinski definition) is 0. The Balaban J connectivity index is 1.99. The Morgan fingerprint density at radius 1 is 0.912 bits per heavy atom. The number of nitrogens with zero attached hydrogens (tertiary/aromatic N) is 1. The molecule has 3 rings (SSSR count). The highest BCUT2D eigenvalue weighted by Gasteiger charge is 2.48. The summed E-state index contributed by atoms with van der Waals surface area (Å²) < 4.78 is 12.9. The lowest BCUT2D eigenvalue weighted by atomic mass is 9.99. The molecular weight excluding hydrogens is 438 g/mol. The Bertz CT molecular complexity index is 962. The summed E-state index contributed by atoms with van der Waals surface area (Å²) in [5, 5.41) is 0. The van der Waals surface area contributed by atoms with Gasteiger partial charge in [0.25, 0.3) is 8.32 Å². The van der Waals surface area contributed by atoms with Crippen LogP contribution in [0.25, 0.3) is 5.76 Å². The Morgan fingerprint density at radius 3 is 2.09 bits per heavy atom. The first-order chi connectivity index (χ1) is 16.2. The molecule has 0 radical (unpaired) electrons. The van der Waals surface area contributed by atoms with Crippen LogP contribution in [0, 0.1) is 0 Å². The molecule has 1 atom stereocenters. The van der Waals surface area contributed by atoms with Crippen molar-refractivity contribution in [2.45, 2.75) is 90.6 Å². The van der Waals surface area contributed by atoms with Gasteiger partial charge in [0.1, 0.15) is 12.4 Å². The van der Waals surface area contributed by atoms with E-state index >= 15 is 0 Å². The van der Waals surface area contributed by atoms with E-state index in [9.17, 15) is 4.79 Å². The van der Waals surface area contributed by atoms with Crippen LogP contribution in [-0.2, 0) is 15.8 Å². The van der Waals surface area contributed by atoms with E-state index in [2.05, 4.69) is 60.6 Å². The van der Waals surface area contributed by atoms with E-state index < -0.39 is 8.32 Å². The number of anilines is 1. The van der Waals surface area contributed by atoms with Gasteiger partial charge in [-0.15, -0.1) is 0 Å². The Kier molecular flexibility index (Phi) is 8.64. The summed E-state index contributed by atoms with van der Waals surface area (Å²) in [6.07, 6.45) is 3.66. The van der Waals surface area contributed by atoms with Crippen LogP contribution in [0.2, 0.25) is 16.6 Å². The summed E-state index contributed by atoms with van der Waals surface area (Å²) in [7, 11) is -2.15. The molecule has 0 fully saturated rings. The number of carbonyl (C=O) groups is 1. The fourth-order valence-corrected chi connectivity index (χ4v) is 10.8. The maximum absolute atomic E-state index is 13.4. The summed E-state index contributed by atoms with van der Waals surface area (Å²) in [5.41, 5.74) is 4.24. The highest BCUT2D eigenvalue weighted by atomic mass is 28.4. The van der Waals surface area contributed by atoms with Crippen LogP contribution in [0.15, 0.2) is 60.7 Å². The highest BCUT2D eigenvalue weighted by molar-refractivity contribution is 6.78. The lowest BCUT2D eigenvalue weighted by Gasteiger charge is -2.45. The molecule has 0 aliphatic carbocycles. The fraction of sp³-hybridized carbons (Fsp3) is 0.483. The maximum Gasteiger partial charge on any atom is 0.415 e. The number of carbonyl (C=O) groups excluding carboxylic acids is 1. The molecule has 4 nitrogen and oxygen atoms in total.